The summed E-state index contributed by atoms with van der Waals surface area (Å²) in [4.78, 5) is 9.23. The van der Waals surface area contributed by atoms with Gasteiger partial charge in [-0.05, 0) is 29.8 Å². The van der Waals surface area contributed by atoms with Crippen LogP contribution in [0, 0.1) is 0 Å². The third kappa shape index (κ3) is 2.48. The number of fused-ring (bicyclic) bond motifs is 3. The quantitative estimate of drug-likeness (QED) is 0.491. The van der Waals surface area contributed by atoms with Crippen LogP contribution in [0.15, 0.2) is 77.4 Å². The normalized spacial score (nSPS) is 11.2. The van der Waals surface area contributed by atoms with Gasteiger partial charge < -0.3 is 9.15 Å². The second kappa shape index (κ2) is 6.00. The topological polar surface area (TPSA) is 65.5 Å². The second-order valence-corrected chi connectivity index (χ2v) is 5.83. The van der Waals surface area contributed by atoms with Gasteiger partial charge >= 0.3 is 0 Å². The van der Waals surface area contributed by atoms with E-state index in [0.29, 0.717) is 29.7 Å². The first kappa shape index (κ1) is 14.7. The molecule has 6 nitrogen and oxygen atoms in total. The molecule has 126 valence electrons. The number of rotatable bonds is 4. The summed E-state index contributed by atoms with van der Waals surface area (Å²) in [6.45, 7) is 0.408. The molecule has 3 heterocycles. The summed E-state index contributed by atoms with van der Waals surface area (Å²) in [6, 6.07) is 21.4. The summed E-state index contributed by atoms with van der Waals surface area (Å²) >= 11 is 0. The van der Waals surface area contributed by atoms with Crippen molar-refractivity contribution in [3.05, 3.63) is 78.6 Å². The number of aromatic nitrogens is 4. The Morgan fingerprint density at radius 3 is 2.58 bits per heavy atom. The molecule has 3 aromatic heterocycles. The number of nitrogens with zero attached hydrogens (tertiary/aromatic N) is 4. The Labute approximate surface area is 148 Å². The Morgan fingerprint density at radius 1 is 0.885 bits per heavy atom. The molecule has 0 bridgehead atoms. The van der Waals surface area contributed by atoms with Gasteiger partial charge in [-0.3, -0.25) is 0 Å². The van der Waals surface area contributed by atoms with Crippen LogP contribution in [0.25, 0.3) is 28.3 Å². The SMILES string of the molecule is c1ccc(COc2nc3ccccc3n3nc(-c4ccco4)nc23)cc1. The molecular formula is C20H14N4O2. The van der Waals surface area contributed by atoms with E-state index in [9.17, 15) is 0 Å². The van der Waals surface area contributed by atoms with Crippen LogP contribution in [-0.2, 0) is 6.61 Å². The van der Waals surface area contributed by atoms with Gasteiger partial charge in [0.05, 0.1) is 17.3 Å². The molecule has 26 heavy (non-hydrogen) atoms. The van der Waals surface area contributed by atoms with Crippen LogP contribution in [-0.4, -0.2) is 19.6 Å². The summed E-state index contributed by atoms with van der Waals surface area (Å²) in [7, 11) is 0. The van der Waals surface area contributed by atoms with Crippen LogP contribution in [0.3, 0.4) is 0 Å². The molecule has 0 atom stereocenters. The molecule has 5 rings (SSSR count). The molecule has 5 aromatic rings. The predicted molar refractivity (Wildman–Crippen MR) is 96.8 cm³/mol. The fourth-order valence-electron chi connectivity index (χ4n) is 2.85. The highest BCUT2D eigenvalue weighted by atomic mass is 16.5. The van der Waals surface area contributed by atoms with E-state index in [1.807, 2.05) is 66.7 Å². The summed E-state index contributed by atoms with van der Waals surface area (Å²) in [5.74, 6) is 1.54. The van der Waals surface area contributed by atoms with E-state index in [0.717, 1.165) is 16.6 Å². The lowest BCUT2D eigenvalue weighted by Crippen LogP contribution is -2.02. The molecule has 0 saturated carbocycles. The van der Waals surface area contributed by atoms with Crippen molar-refractivity contribution in [1.82, 2.24) is 19.6 Å². The summed E-state index contributed by atoms with van der Waals surface area (Å²) < 4.78 is 13.2. The molecule has 0 amide bonds. The number of hydrogen-bond acceptors (Lipinski definition) is 5. The van der Waals surface area contributed by atoms with E-state index in [2.05, 4.69) is 15.1 Å². The van der Waals surface area contributed by atoms with Crippen LogP contribution in [0.2, 0.25) is 0 Å². The van der Waals surface area contributed by atoms with Gasteiger partial charge in [-0.1, -0.05) is 42.5 Å². The molecule has 0 aliphatic heterocycles. The first-order valence-corrected chi connectivity index (χ1v) is 8.24. The first-order chi connectivity index (χ1) is 12.9. The van der Waals surface area contributed by atoms with Gasteiger partial charge in [0.2, 0.25) is 11.5 Å². The molecule has 2 aromatic carbocycles. The molecule has 0 spiro atoms. The zero-order valence-electron chi connectivity index (χ0n) is 13.7. The predicted octanol–water partition coefficient (Wildman–Crippen LogP) is 4.12. The van der Waals surface area contributed by atoms with Crippen molar-refractivity contribution in [2.45, 2.75) is 6.61 Å². The van der Waals surface area contributed by atoms with Crippen LogP contribution in [0.5, 0.6) is 5.88 Å². The summed E-state index contributed by atoms with van der Waals surface area (Å²) in [6.07, 6.45) is 1.60. The minimum absolute atomic E-state index is 0.408. The molecule has 0 radical (unpaired) electrons. The number of benzene rings is 2. The van der Waals surface area contributed by atoms with Crippen molar-refractivity contribution in [2.24, 2.45) is 0 Å². The Hall–Kier alpha value is -3.67. The summed E-state index contributed by atoms with van der Waals surface area (Å²) in [5.41, 5.74) is 3.27. The molecule has 0 N–H and O–H groups in total. The van der Waals surface area contributed by atoms with Crippen molar-refractivity contribution in [2.75, 3.05) is 0 Å². The molecule has 0 saturated heterocycles. The Morgan fingerprint density at radius 2 is 1.73 bits per heavy atom. The Balaban J connectivity index is 1.65. The highest BCUT2D eigenvalue weighted by Crippen LogP contribution is 2.26. The smallest absolute Gasteiger partial charge is 0.260 e. The Bertz CT molecular complexity index is 1180. The van der Waals surface area contributed by atoms with Crippen LogP contribution in [0.4, 0.5) is 0 Å². The number of furan rings is 1. The van der Waals surface area contributed by atoms with Gasteiger partial charge in [-0.25, -0.2) is 9.50 Å². The largest absolute Gasteiger partial charge is 0.470 e. The molecule has 0 aliphatic carbocycles. The first-order valence-electron chi connectivity index (χ1n) is 8.24. The number of hydrogen-bond donors (Lipinski definition) is 0. The van der Waals surface area contributed by atoms with E-state index in [4.69, 9.17) is 9.15 Å². The standard InChI is InChI=1S/C20H14N4O2/c1-2-7-14(8-3-1)13-26-20-19-22-18(17-11-6-12-25-17)23-24(19)16-10-5-4-9-15(16)21-20/h1-12H,13H2. The third-order valence-corrected chi connectivity index (χ3v) is 4.09. The molecular weight excluding hydrogens is 328 g/mol. The highest BCUT2D eigenvalue weighted by molar-refractivity contribution is 5.79. The molecule has 0 unspecified atom stereocenters. The van der Waals surface area contributed by atoms with Crippen LogP contribution >= 0.6 is 0 Å². The molecule has 0 aliphatic rings. The van der Waals surface area contributed by atoms with E-state index in [-0.39, 0.29) is 0 Å². The maximum absolute atomic E-state index is 5.98. The lowest BCUT2D eigenvalue weighted by molar-refractivity contribution is 0.297. The lowest BCUT2D eigenvalue weighted by atomic mass is 10.2. The zero-order valence-corrected chi connectivity index (χ0v) is 13.7. The lowest BCUT2D eigenvalue weighted by Gasteiger charge is -2.08. The fraction of sp³-hybridized carbons (Fsp3) is 0.0500. The third-order valence-electron chi connectivity index (χ3n) is 4.09. The maximum atomic E-state index is 5.98. The van der Waals surface area contributed by atoms with Gasteiger partial charge in [0.1, 0.15) is 6.61 Å². The van der Waals surface area contributed by atoms with Crippen molar-refractivity contribution in [1.29, 1.82) is 0 Å². The van der Waals surface area contributed by atoms with Crippen molar-refractivity contribution >= 4 is 16.7 Å². The van der Waals surface area contributed by atoms with Gasteiger partial charge in [-0.15, -0.1) is 5.10 Å². The number of ether oxygens (including phenoxy) is 1. The monoisotopic (exact) mass is 342 g/mol. The van der Waals surface area contributed by atoms with Crippen LogP contribution in [0.1, 0.15) is 5.56 Å². The fourth-order valence-corrected chi connectivity index (χ4v) is 2.85. The van der Waals surface area contributed by atoms with E-state index in [1.165, 1.54) is 0 Å². The van der Waals surface area contributed by atoms with E-state index >= 15 is 0 Å². The number of para-hydroxylation sites is 2. The molecule has 0 fully saturated rings. The van der Waals surface area contributed by atoms with E-state index in [1.54, 1.807) is 10.8 Å². The minimum atomic E-state index is 0.408. The second-order valence-electron chi connectivity index (χ2n) is 5.83. The van der Waals surface area contributed by atoms with Gasteiger partial charge in [0, 0.05) is 0 Å². The van der Waals surface area contributed by atoms with Gasteiger partial charge in [0.15, 0.2) is 5.76 Å². The Kier molecular flexibility index (Phi) is 3.38. The minimum Gasteiger partial charge on any atom is -0.470 e. The van der Waals surface area contributed by atoms with Crippen LogP contribution < -0.4 is 4.74 Å². The highest BCUT2D eigenvalue weighted by Gasteiger charge is 2.17. The van der Waals surface area contributed by atoms with Crippen molar-refractivity contribution in [3.8, 4) is 17.5 Å². The van der Waals surface area contributed by atoms with Crippen molar-refractivity contribution < 1.29 is 9.15 Å². The van der Waals surface area contributed by atoms with Gasteiger partial charge in [-0.2, -0.15) is 4.98 Å². The maximum Gasteiger partial charge on any atom is 0.260 e. The summed E-state index contributed by atoms with van der Waals surface area (Å²) in [5, 5.41) is 4.59. The van der Waals surface area contributed by atoms with Crippen molar-refractivity contribution in [3.63, 3.8) is 0 Å². The average Bonchev–Trinajstić information content (AvgIpc) is 3.36. The van der Waals surface area contributed by atoms with Gasteiger partial charge in [0.25, 0.3) is 5.88 Å². The van der Waals surface area contributed by atoms with E-state index < -0.39 is 0 Å². The average molecular weight is 342 g/mol. The zero-order chi connectivity index (χ0) is 17.3. The molecule has 6 heteroatoms.